The Kier molecular flexibility index (Phi) is 8.78. The minimum absolute atomic E-state index is 0.0403. The van der Waals surface area contributed by atoms with Gasteiger partial charge >= 0.3 is 18.0 Å². The number of amides is 1. The fourth-order valence-electron chi connectivity index (χ4n) is 3.42. The van der Waals surface area contributed by atoms with Crippen LogP contribution in [0, 0.1) is 0 Å². The number of esters is 1. The third-order valence-electron chi connectivity index (χ3n) is 5.00. The van der Waals surface area contributed by atoms with Gasteiger partial charge in [-0.15, -0.1) is 0 Å². The molecule has 8 nitrogen and oxygen atoms in total. The van der Waals surface area contributed by atoms with E-state index in [0.29, 0.717) is 21.6 Å². The van der Waals surface area contributed by atoms with Gasteiger partial charge in [0, 0.05) is 27.2 Å². The summed E-state index contributed by atoms with van der Waals surface area (Å²) < 4.78 is 10.2. The summed E-state index contributed by atoms with van der Waals surface area (Å²) in [7, 11) is 0. The number of aromatic amines is 1. The highest BCUT2D eigenvalue weighted by Gasteiger charge is 2.22. The molecule has 0 fully saturated rings. The topological polar surface area (TPSA) is 118 Å². The molecule has 0 saturated carbocycles. The summed E-state index contributed by atoms with van der Waals surface area (Å²) in [5.74, 6) is -1.92. The van der Waals surface area contributed by atoms with Crippen molar-refractivity contribution in [2.75, 3.05) is 18.5 Å². The summed E-state index contributed by atoms with van der Waals surface area (Å²) in [6, 6.07) is 9.36. The maximum absolute atomic E-state index is 12.6. The van der Waals surface area contributed by atoms with Crippen molar-refractivity contribution in [3.05, 3.63) is 63.3 Å². The number of unbranched alkanes of at least 4 members (excludes halogenated alkanes) is 1. The van der Waals surface area contributed by atoms with E-state index in [2.05, 4.69) is 10.3 Å². The second kappa shape index (κ2) is 11.8. The van der Waals surface area contributed by atoms with E-state index in [4.69, 9.17) is 32.7 Å². The van der Waals surface area contributed by atoms with Gasteiger partial charge in [0.1, 0.15) is 5.69 Å². The number of hydrogen-bond acceptors (Lipinski definition) is 5. The number of carboxylic acid groups (broad SMARTS) is 1. The molecule has 0 radical (unpaired) electrons. The maximum Gasteiger partial charge on any atom is 0.411 e. The molecule has 1 amide bonds. The van der Waals surface area contributed by atoms with E-state index < -0.39 is 18.0 Å². The molecule has 1 heterocycles. The van der Waals surface area contributed by atoms with Crippen LogP contribution in [0.5, 0.6) is 0 Å². The SMILES string of the molecule is CCCCOC(=O)Nc1cccc(C(=Cc2c(C(=O)OCC)[nH]c3cc(Cl)cc(Cl)c23)C(=O)O)c1. The van der Waals surface area contributed by atoms with Crippen molar-refractivity contribution >= 4 is 69.5 Å². The number of ether oxygens (including phenoxy) is 2. The van der Waals surface area contributed by atoms with E-state index in [1.165, 1.54) is 18.2 Å². The van der Waals surface area contributed by atoms with Gasteiger partial charge in [-0.3, -0.25) is 5.32 Å². The number of rotatable bonds is 9. The smallest absolute Gasteiger partial charge is 0.411 e. The van der Waals surface area contributed by atoms with Crippen molar-refractivity contribution in [1.29, 1.82) is 0 Å². The minimum atomic E-state index is -1.25. The van der Waals surface area contributed by atoms with Crippen LogP contribution in [-0.4, -0.2) is 41.3 Å². The number of carbonyl (C=O) groups is 3. The Balaban J connectivity index is 2.09. The van der Waals surface area contributed by atoms with E-state index in [-0.39, 0.29) is 40.6 Å². The summed E-state index contributed by atoms with van der Waals surface area (Å²) in [6.45, 7) is 4.05. The molecule has 184 valence electrons. The van der Waals surface area contributed by atoms with Crippen molar-refractivity contribution in [1.82, 2.24) is 4.98 Å². The van der Waals surface area contributed by atoms with Crippen molar-refractivity contribution in [3.63, 3.8) is 0 Å². The summed E-state index contributed by atoms with van der Waals surface area (Å²) in [6.07, 6.45) is 2.32. The van der Waals surface area contributed by atoms with Crippen LogP contribution in [0.15, 0.2) is 36.4 Å². The van der Waals surface area contributed by atoms with Crippen LogP contribution >= 0.6 is 23.2 Å². The zero-order chi connectivity index (χ0) is 25.5. The maximum atomic E-state index is 12.6. The molecule has 2 aromatic carbocycles. The fourth-order valence-corrected chi connectivity index (χ4v) is 4.02. The molecule has 0 unspecified atom stereocenters. The molecule has 0 atom stereocenters. The van der Waals surface area contributed by atoms with Crippen LogP contribution in [0.4, 0.5) is 10.5 Å². The first-order valence-corrected chi connectivity index (χ1v) is 11.7. The number of carboxylic acids is 1. The van der Waals surface area contributed by atoms with E-state index in [9.17, 15) is 19.5 Å². The van der Waals surface area contributed by atoms with Crippen molar-refractivity contribution in [2.45, 2.75) is 26.7 Å². The van der Waals surface area contributed by atoms with Gasteiger partial charge in [-0.1, -0.05) is 48.7 Å². The first kappa shape index (κ1) is 26.1. The van der Waals surface area contributed by atoms with Crippen LogP contribution in [0.25, 0.3) is 22.6 Å². The molecule has 10 heteroatoms. The molecule has 0 aliphatic rings. The Bertz CT molecular complexity index is 1300. The Morgan fingerprint density at radius 1 is 1.11 bits per heavy atom. The van der Waals surface area contributed by atoms with Gasteiger partial charge in [0.25, 0.3) is 0 Å². The summed E-state index contributed by atoms with van der Waals surface area (Å²) in [5, 5.41) is 13.6. The second-order valence-corrected chi connectivity index (χ2v) is 8.35. The highest BCUT2D eigenvalue weighted by atomic mass is 35.5. The van der Waals surface area contributed by atoms with Gasteiger partial charge in [0.05, 0.1) is 23.8 Å². The molecular weight excluding hydrogens is 495 g/mol. The molecule has 0 spiro atoms. The van der Waals surface area contributed by atoms with Gasteiger partial charge < -0.3 is 19.6 Å². The predicted molar refractivity (Wildman–Crippen MR) is 136 cm³/mol. The molecule has 3 rings (SSSR count). The summed E-state index contributed by atoms with van der Waals surface area (Å²) >= 11 is 12.5. The van der Waals surface area contributed by atoms with Gasteiger partial charge in [0.2, 0.25) is 0 Å². The lowest BCUT2D eigenvalue weighted by atomic mass is 10.0. The molecule has 0 aliphatic heterocycles. The Morgan fingerprint density at radius 3 is 2.57 bits per heavy atom. The number of hydrogen-bond donors (Lipinski definition) is 3. The first-order valence-electron chi connectivity index (χ1n) is 10.9. The van der Waals surface area contributed by atoms with Gasteiger partial charge in [-0.25, -0.2) is 14.4 Å². The average molecular weight is 519 g/mol. The molecule has 1 aromatic heterocycles. The van der Waals surface area contributed by atoms with Crippen molar-refractivity contribution in [3.8, 4) is 0 Å². The van der Waals surface area contributed by atoms with Crippen molar-refractivity contribution < 1.29 is 29.0 Å². The molecular formula is C25H24Cl2N2O6. The number of nitrogens with one attached hydrogen (secondary N) is 2. The lowest BCUT2D eigenvalue weighted by molar-refractivity contribution is -0.130. The van der Waals surface area contributed by atoms with Crippen molar-refractivity contribution in [2.24, 2.45) is 0 Å². The molecule has 3 N–H and O–H groups in total. The second-order valence-electron chi connectivity index (χ2n) is 7.50. The number of halogens is 2. The third kappa shape index (κ3) is 6.35. The normalized spacial score (nSPS) is 11.4. The van der Waals surface area contributed by atoms with E-state index in [1.54, 1.807) is 31.2 Å². The van der Waals surface area contributed by atoms with Gasteiger partial charge in [0.15, 0.2) is 0 Å². The van der Waals surface area contributed by atoms with Gasteiger partial charge in [-0.05, 0) is 49.2 Å². The predicted octanol–water partition coefficient (Wildman–Crippen LogP) is 6.63. The monoisotopic (exact) mass is 518 g/mol. The standard InChI is InChI=1S/C25H24Cl2N2O6/c1-3-5-9-35-25(33)28-16-8-6-7-14(10-16)17(23(30)31)13-18-21-19(27)11-15(26)12-20(21)29-22(18)24(32)34-4-2/h6-8,10-13,29H,3-5,9H2,1-2H3,(H,28,33)(H,30,31). The largest absolute Gasteiger partial charge is 0.478 e. The lowest BCUT2D eigenvalue weighted by Gasteiger charge is -2.09. The van der Waals surface area contributed by atoms with E-state index >= 15 is 0 Å². The molecule has 0 bridgehead atoms. The Labute approximate surface area is 211 Å². The molecule has 35 heavy (non-hydrogen) atoms. The quantitative estimate of drug-likeness (QED) is 0.166. The first-order chi connectivity index (χ1) is 16.7. The highest BCUT2D eigenvalue weighted by Crippen LogP contribution is 2.35. The Morgan fingerprint density at radius 2 is 1.89 bits per heavy atom. The zero-order valence-corrected chi connectivity index (χ0v) is 20.6. The van der Waals surface area contributed by atoms with E-state index in [0.717, 1.165) is 12.8 Å². The highest BCUT2D eigenvalue weighted by molar-refractivity contribution is 6.39. The number of anilines is 1. The van der Waals surface area contributed by atoms with Crippen LogP contribution in [-0.2, 0) is 14.3 Å². The molecule has 0 aliphatic carbocycles. The summed E-state index contributed by atoms with van der Waals surface area (Å²) in [4.78, 5) is 39.8. The number of benzene rings is 2. The number of aliphatic carboxylic acids is 1. The van der Waals surface area contributed by atoms with Gasteiger partial charge in [-0.2, -0.15) is 0 Å². The average Bonchev–Trinajstić information content (AvgIpc) is 3.16. The van der Waals surface area contributed by atoms with E-state index in [1.807, 2.05) is 6.92 Å². The number of aromatic nitrogens is 1. The van der Waals surface area contributed by atoms with Crippen LogP contribution in [0.3, 0.4) is 0 Å². The van der Waals surface area contributed by atoms with Crippen LogP contribution in [0.1, 0.15) is 48.3 Å². The zero-order valence-electron chi connectivity index (χ0n) is 19.1. The molecule has 3 aromatic rings. The number of fused-ring (bicyclic) bond motifs is 1. The number of H-pyrrole nitrogens is 1. The van der Waals surface area contributed by atoms with Crippen LogP contribution in [0.2, 0.25) is 10.0 Å². The lowest BCUT2D eigenvalue weighted by Crippen LogP contribution is -2.14. The Hall–Kier alpha value is -3.49. The minimum Gasteiger partial charge on any atom is -0.478 e. The summed E-state index contributed by atoms with van der Waals surface area (Å²) in [5.41, 5.74) is 1.24. The van der Waals surface area contributed by atoms with Crippen LogP contribution < -0.4 is 5.32 Å². The fraction of sp³-hybridized carbons (Fsp3) is 0.240. The molecule has 0 saturated heterocycles. The number of carbonyl (C=O) groups excluding carboxylic acids is 2. The third-order valence-corrected chi connectivity index (χ3v) is 5.52.